The average Bonchev–Trinajstić information content (AvgIpc) is 2.23. The molecule has 0 aromatic heterocycles. The first-order valence-electron chi connectivity index (χ1n) is 6.90. The van der Waals surface area contributed by atoms with E-state index in [9.17, 15) is 0 Å². The molecule has 3 heteroatoms. The fourth-order valence-electron chi connectivity index (χ4n) is 2.70. The Morgan fingerprint density at radius 3 is 2.44 bits per heavy atom. The van der Waals surface area contributed by atoms with E-state index in [1.807, 2.05) is 0 Å². The summed E-state index contributed by atoms with van der Waals surface area (Å²) in [4.78, 5) is 5.08. The van der Waals surface area contributed by atoms with E-state index in [1.165, 1.54) is 64.8 Å². The normalized spacial score (nSPS) is 24.9. The molecular formula is C13H27N3. The number of nitrogens with two attached hydrogens (primary N) is 1. The van der Waals surface area contributed by atoms with Gasteiger partial charge in [0, 0.05) is 25.7 Å². The van der Waals surface area contributed by atoms with Gasteiger partial charge in [-0.05, 0) is 51.7 Å². The van der Waals surface area contributed by atoms with Crippen molar-refractivity contribution in [1.29, 1.82) is 0 Å². The van der Waals surface area contributed by atoms with Crippen LogP contribution in [0.15, 0.2) is 0 Å². The number of likely N-dealkylation sites (N-methyl/N-ethyl adjacent to an activating group) is 1. The molecule has 1 aliphatic heterocycles. The Hall–Kier alpha value is -0.120. The van der Waals surface area contributed by atoms with Gasteiger partial charge in [-0.15, -0.1) is 0 Å². The van der Waals surface area contributed by atoms with Crippen molar-refractivity contribution in [3.8, 4) is 0 Å². The summed E-state index contributed by atoms with van der Waals surface area (Å²) in [6, 6.07) is 0.462. The lowest BCUT2D eigenvalue weighted by atomic mass is 9.85. The Bertz CT molecular complexity index is 195. The van der Waals surface area contributed by atoms with Gasteiger partial charge in [-0.3, -0.25) is 0 Å². The number of nitrogens with zero attached hydrogens (tertiary/aromatic N) is 2. The lowest BCUT2D eigenvalue weighted by molar-refractivity contribution is 0.159. The SMILES string of the molecule is CN(CCN1CCC(N)CC1)CC1CCC1. The molecule has 0 aromatic carbocycles. The second kappa shape index (κ2) is 5.99. The minimum atomic E-state index is 0.462. The van der Waals surface area contributed by atoms with Crippen LogP contribution in [0.3, 0.4) is 0 Å². The maximum Gasteiger partial charge on any atom is 0.0109 e. The number of hydrogen-bond donors (Lipinski definition) is 1. The maximum absolute atomic E-state index is 5.91. The zero-order chi connectivity index (χ0) is 11.4. The lowest BCUT2D eigenvalue weighted by Crippen LogP contribution is -2.43. The highest BCUT2D eigenvalue weighted by molar-refractivity contribution is 4.76. The van der Waals surface area contributed by atoms with Crippen molar-refractivity contribution in [2.75, 3.05) is 39.8 Å². The van der Waals surface area contributed by atoms with Crippen LogP contribution in [0.2, 0.25) is 0 Å². The Kier molecular flexibility index (Phi) is 4.62. The van der Waals surface area contributed by atoms with Crippen molar-refractivity contribution < 1.29 is 0 Å². The van der Waals surface area contributed by atoms with Crippen LogP contribution in [0.25, 0.3) is 0 Å². The quantitative estimate of drug-likeness (QED) is 0.761. The first-order chi connectivity index (χ1) is 7.74. The third-order valence-electron chi connectivity index (χ3n) is 4.22. The monoisotopic (exact) mass is 225 g/mol. The highest BCUT2D eigenvalue weighted by Crippen LogP contribution is 2.26. The van der Waals surface area contributed by atoms with Crippen LogP contribution >= 0.6 is 0 Å². The standard InChI is InChI=1S/C13H27N3/c1-15(11-12-3-2-4-12)9-10-16-7-5-13(14)6-8-16/h12-13H,2-11,14H2,1H3. The van der Waals surface area contributed by atoms with Crippen LogP contribution in [0, 0.1) is 5.92 Å². The minimum Gasteiger partial charge on any atom is -0.328 e. The molecule has 2 fully saturated rings. The van der Waals surface area contributed by atoms with Gasteiger partial charge in [-0.25, -0.2) is 0 Å². The van der Waals surface area contributed by atoms with Crippen LogP contribution in [-0.2, 0) is 0 Å². The van der Waals surface area contributed by atoms with Gasteiger partial charge in [0.05, 0.1) is 0 Å². The summed E-state index contributed by atoms with van der Waals surface area (Å²) in [5.41, 5.74) is 5.91. The molecule has 0 amide bonds. The number of hydrogen-bond acceptors (Lipinski definition) is 3. The van der Waals surface area contributed by atoms with Crippen molar-refractivity contribution >= 4 is 0 Å². The molecule has 0 bridgehead atoms. The number of rotatable bonds is 5. The van der Waals surface area contributed by atoms with E-state index in [2.05, 4.69) is 16.8 Å². The van der Waals surface area contributed by atoms with Crippen molar-refractivity contribution in [2.45, 2.75) is 38.1 Å². The summed E-state index contributed by atoms with van der Waals surface area (Å²) in [5, 5.41) is 0. The maximum atomic E-state index is 5.91. The molecule has 1 heterocycles. The highest BCUT2D eigenvalue weighted by Gasteiger charge is 2.20. The summed E-state index contributed by atoms with van der Waals surface area (Å²) in [5.74, 6) is 1.000. The third kappa shape index (κ3) is 3.72. The van der Waals surface area contributed by atoms with Gasteiger partial charge >= 0.3 is 0 Å². The Labute approximate surface area is 100.0 Å². The van der Waals surface area contributed by atoms with Crippen molar-refractivity contribution in [3.63, 3.8) is 0 Å². The molecule has 2 N–H and O–H groups in total. The van der Waals surface area contributed by atoms with E-state index in [0.29, 0.717) is 6.04 Å². The van der Waals surface area contributed by atoms with Gasteiger partial charge in [0.15, 0.2) is 0 Å². The van der Waals surface area contributed by atoms with Gasteiger partial charge in [-0.2, -0.15) is 0 Å². The molecule has 0 unspecified atom stereocenters. The molecule has 1 aliphatic carbocycles. The van der Waals surface area contributed by atoms with Crippen LogP contribution in [0.4, 0.5) is 0 Å². The number of piperidine rings is 1. The molecule has 1 saturated carbocycles. The van der Waals surface area contributed by atoms with Crippen LogP contribution in [0.1, 0.15) is 32.1 Å². The van der Waals surface area contributed by atoms with Crippen molar-refractivity contribution in [2.24, 2.45) is 11.7 Å². The average molecular weight is 225 g/mol. The van der Waals surface area contributed by atoms with Gasteiger partial charge in [0.25, 0.3) is 0 Å². The molecular weight excluding hydrogens is 198 g/mol. The molecule has 16 heavy (non-hydrogen) atoms. The molecule has 1 saturated heterocycles. The first kappa shape index (κ1) is 12.3. The van der Waals surface area contributed by atoms with Gasteiger partial charge in [0.1, 0.15) is 0 Å². The third-order valence-corrected chi connectivity index (χ3v) is 4.22. The summed E-state index contributed by atoms with van der Waals surface area (Å²) >= 11 is 0. The zero-order valence-corrected chi connectivity index (χ0v) is 10.7. The summed E-state index contributed by atoms with van der Waals surface area (Å²) in [7, 11) is 2.27. The molecule has 0 radical (unpaired) electrons. The topological polar surface area (TPSA) is 32.5 Å². The molecule has 2 aliphatic rings. The lowest BCUT2D eigenvalue weighted by Gasteiger charge is -2.33. The Morgan fingerprint density at radius 1 is 1.19 bits per heavy atom. The van der Waals surface area contributed by atoms with E-state index in [4.69, 9.17) is 5.73 Å². The predicted octanol–water partition coefficient (Wildman–Crippen LogP) is 1.14. The van der Waals surface area contributed by atoms with E-state index in [1.54, 1.807) is 0 Å². The van der Waals surface area contributed by atoms with Crippen LogP contribution in [-0.4, -0.2) is 55.6 Å². The van der Waals surface area contributed by atoms with Gasteiger partial charge in [0.2, 0.25) is 0 Å². The van der Waals surface area contributed by atoms with E-state index in [-0.39, 0.29) is 0 Å². The van der Waals surface area contributed by atoms with E-state index >= 15 is 0 Å². The molecule has 2 rings (SSSR count). The molecule has 0 atom stereocenters. The zero-order valence-electron chi connectivity index (χ0n) is 10.7. The fourth-order valence-corrected chi connectivity index (χ4v) is 2.70. The second-order valence-electron chi connectivity index (χ2n) is 5.74. The van der Waals surface area contributed by atoms with Gasteiger partial charge in [-0.1, -0.05) is 6.42 Å². The molecule has 0 spiro atoms. The highest BCUT2D eigenvalue weighted by atomic mass is 15.2. The Morgan fingerprint density at radius 2 is 1.88 bits per heavy atom. The summed E-state index contributed by atoms with van der Waals surface area (Å²) in [6.45, 7) is 6.19. The minimum absolute atomic E-state index is 0.462. The first-order valence-corrected chi connectivity index (χ1v) is 6.90. The molecule has 3 nitrogen and oxygen atoms in total. The van der Waals surface area contributed by atoms with Crippen molar-refractivity contribution in [1.82, 2.24) is 9.80 Å². The molecule has 0 aromatic rings. The summed E-state index contributed by atoms with van der Waals surface area (Å²) in [6.07, 6.45) is 6.76. The van der Waals surface area contributed by atoms with Crippen LogP contribution < -0.4 is 5.73 Å². The summed E-state index contributed by atoms with van der Waals surface area (Å²) < 4.78 is 0. The van der Waals surface area contributed by atoms with Gasteiger partial charge < -0.3 is 15.5 Å². The van der Waals surface area contributed by atoms with E-state index in [0.717, 1.165) is 5.92 Å². The van der Waals surface area contributed by atoms with Crippen molar-refractivity contribution in [3.05, 3.63) is 0 Å². The predicted molar refractivity (Wildman–Crippen MR) is 68.5 cm³/mol. The smallest absolute Gasteiger partial charge is 0.0109 e. The fraction of sp³-hybridized carbons (Fsp3) is 1.00. The largest absolute Gasteiger partial charge is 0.328 e. The van der Waals surface area contributed by atoms with E-state index < -0.39 is 0 Å². The second-order valence-corrected chi connectivity index (χ2v) is 5.74. The van der Waals surface area contributed by atoms with Crippen LogP contribution in [0.5, 0.6) is 0 Å². The number of likely N-dealkylation sites (tertiary alicyclic amines) is 1. The molecule has 94 valence electrons. The Balaban J connectivity index is 1.55.